The van der Waals surface area contributed by atoms with Crippen molar-refractivity contribution in [1.29, 1.82) is 0 Å². The first-order valence-electron chi connectivity index (χ1n) is 9.17. The van der Waals surface area contributed by atoms with Crippen molar-refractivity contribution >= 4 is 24.3 Å². The number of carbonyl (C=O) groups is 2. The Morgan fingerprint density at radius 1 is 1.12 bits per heavy atom. The van der Waals surface area contributed by atoms with Gasteiger partial charge in [-0.05, 0) is 31.9 Å². The number of carbonyl (C=O) groups excluding carboxylic acids is 2. The van der Waals surface area contributed by atoms with Gasteiger partial charge in [0, 0.05) is 19.1 Å². The van der Waals surface area contributed by atoms with Crippen LogP contribution >= 0.6 is 12.4 Å². The number of amides is 3. The van der Waals surface area contributed by atoms with Crippen molar-refractivity contribution in [3.05, 3.63) is 35.9 Å². The van der Waals surface area contributed by atoms with Gasteiger partial charge in [0.1, 0.15) is 5.54 Å². The fourth-order valence-electron chi connectivity index (χ4n) is 3.26. The van der Waals surface area contributed by atoms with E-state index < -0.39 is 5.54 Å². The van der Waals surface area contributed by atoms with Gasteiger partial charge < -0.3 is 21.3 Å². The van der Waals surface area contributed by atoms with E-state index in [1.807, 2.05) is 44.2 Å². The number of nitrogens with one attached hydrogen (secondary N) is 4. The third kappa shape index (κ3) is 6.50. The Kier molecular flexibility index (Phi) is 9.44. The van der Waals surface area contributed by atoms with Crippen molar-refractivity contribution in [1.82, 2.24) is 21.3 Å². The molecule has 0 saturated heterocycles. The lowest BCUT2D eigenvalue weighted by atomic mass is 9.96. The van der Waals surface area contributed by atoms with Crippen molar-refractivity contribution in [3.8, 4) is 0 Å². The predicted molar refractivity (Wildman–Crippen MR) is 106 cm³/mol. The molecule has 1 aromatic carbocycles. The predicted octanol–water partition coefficient (Wildman–Crippen LogP) is 2.33. The second-order valence-electron chi connectivity index (χ2n) is 6.75. The number of hydrogen-bond donors (Lipinski definition) is 4. The summed E-state index contributed by atoms with van der Waals surface area (Å²) in [4.78, 5) is 25.0. The van der Waals surface area contributed by atoms with Gasteiger partial charge in [-0.15, -0.1) is 12.4 Å². The van der Waals surface area contributed by atoms with Crippen molar-refractivity contribution in [2.45, 2.75) is 57.7 Å². The summed E-state index contributed by atoms with van der Waals surface area (Å²) in [5.41, 5.74) is 0.245. The molecule has 3 amide bonds. The summed E-state index contributed by atoms with van der Waals surface area (Å²) in [6.07, 6.45) is 3.28. The topological polar surface area (TPSA) is 82.3 Å². The van der Waals surface area contributed by atoms with Crippen molar-refractivity contribution in [2.75, 3.05) is 13.1 Å². The lowest BCUT2D eigenvalue weighted by Gasteiger charge is -2.29. The molecule has 146 valence electrons. The molecule has 1 aromatic rings. The monoisotopic (exact) mass is 382 g/mol. The van der Waals surface area contributed by atoms with Crippen LogP contribution in [0.1, 0.15) is 45.1 Å². The van der Waals surface area contributed by atoms with E-state index in [1.54, 1.807) is 0 Å². The van der Waals surface area contributed by atoms with Crippen molar-refractivity contribution < 1.29 is 9.59 Å². The summed E-state index contributed by atoms with van der Waals surface area (Å²) in [5.74, 6) is -0.0791. The fourth-order valence-corrected chi connectivity index (χ4v) is 3.26. The molecule has 1 atom stereocenters. The SMILES string of the molecule is CCN[C@H](C)CNC(=O)C1(NC(=O)NCc2ccccc2)CCCC1.Cl. The molecule has 0 spiro atoms. The Hall–Kier alpha value is -1.79. The second-order valence-corrected chi connectivity index (χ2v) is 6.75. The van der Waals surface area contributed by atoms with Crippen LogP contribution in [0.2, 0.25) is 0 Å². The molecular weight excluding hydrogens is 352 g/mol. The van der Waals surface area contributed by atoms with Gasteiger partial charge in [-0.1, -0.05) is 50.1 Å². The molecule has 0 aliphatic heterocycles. The quantitative estimate of drug-likeness (QED) is 0.557. The van der Waals surface area contributed by atoms with E-state index >= 15 is 0 Å². The van der Waals surface area contributed by atoms with Gasteiger partial charge in [-0.2, -0.15) is 0 Å². The molecule has 26 heavy (non-hydrogen) atoms. The Bertz CT molecular complexity index is 562. The third-order valence-electron chi connectivity index (χ3n) is 4.66. The number of rotatable bonds is 8. The first kappa shape index (κ1) is 22.3. The third-order valence-corrected chi connectivity index (χ3v) is 4.66. The van der Waals surface area contributed by atoms with E-state index in [4.69, 9.17) is 0 Å². The molecule has 6 nitrogen and oxygen atoms in total. The highest BCUT2D eigenvalue weighted by molar-refractivity contribution is 5.91. The normalized spacial score (nSPS) is 16.2. The highest BCUT2D eigenvalue weighted by Crippen LogP contribution is 2.29. The van der Waals surface area contributed by atoms with E-state index in [0.717, 1.165) is 24.9 Å². The molecule has 1 aliphatic carbocycles. The van der Waals surface area contributed by atoms with Gasteiger partial charge in [0.05, 0.1) is 0 Å². The standard InChI is InChI=1S/C19H30N4O2.ClH/c1-3-20-15(2)13-21-17(24)19(11-7-8-12-19)23-18(25)22-14-16-9-5-4-6-10-16;/h4-6,9-10,15,20H,3,7-8,11-14H2,1-2H3,(H,21,24)(H2,22,23,25);1H/t15-;/m1./s1. The summed E-state index contributed by atoms with van der Waals surface area (Å²) in [7, 11) is 0. The molecule has 1 aliphatic rings. The van der Waals surface area contributed by atoms with Crippen LogP contribution in [-0.4, -0.2) is 36.6 Å². The van der Waals surface area contributed by atoms with Crippen LogP contribution < -0.4 is 21.3 Å². The molecule has 1 saturated carbocycles. The van der Waals surface area contributed by atoms with Gasteiger partial charge in [-0.25, -0.2) is 4.79 Å². The minimum absolute atomic E-state index is 0. The van der Waals surface area contributed by atoms with Gasteiger partial charge in [0.25, 0.3) is 0 Å². The maximum atomic E-state index is 12.7. The summed E-state index contributed by atoms with van der Waals surface area (Å²) in [5, 5.41) is 12.0. The molecular formula is C19H31ClN4O2. The molecule has 4 N–H and O–H groups in total. The maximum absolute atomic E-state index is 12.7. The zero-order valence-corrected chi connectivity index (χ0v) is 16.5. The lowest BCUT2D eigenvalue weighted by Crippen LogP contribution is -2.60. The number of benzene rings is 1. The first-order chi connectivity index (χ1) is 12.1. The summed E-state index contributed by atoms with van der Waals surface area (Å²) in [6.45, 7) is 5.94. The zero-order valence-electron chi connectivity index (χ0n) is 15.6. The van der Waals surface area contributed by atoms with Gasteiger partial charge in [0.2, 0.25) is 5.91 Å². The van der Waals surface area contributed by atoms with E-state index in [2.05, 4.69) is 21.3 Å². The summed E-state index contributed by atoms with van der Waals surface area (Å²) >= 11 is 0. The minimum atomic E-state index is -0.785. The number of likely N-dealkylation sites (N-methyl/N-ethyl adjacent to an activating group) is 1. The average Bonchev–Trinajstić information content (AvgIpc) is 3.09. The molecule has 0 radical (unpaired) electrons. The fraction of sp³-hybridized carbons (Fsp3) is 0.579. The van der Waals surface area contributed by atoms with Crippen molar-refractivity contribution in [2.24, 2.45) is 0 Å². The van der Waals surface area contributed by atoms with Crippen molar-refractivity contribution in [3.63, 3.8) is 0 Å². The highest BCUT2D eigenvalue weighted by atomic mass is 35.5. The van der Waals surface area contributed by atoms with E-state index in [1.165, 1.54) is 0 Å². The Balaban J connectivity index is 0.00000338. The first-order valence-corrected chi connectivity index (χ1v) is 9.17. The van der Waals surface area contributed by atoms with E-state index in [9.17, 15) is 9.59 Å². The maximum Gasteiger partial charge on any atom is 0.315 e. The molecule has 7 heteroatoms. The highest BCUT2D eigenvalue weighted by Gasteiger charge is 2.42. The average molecular weight is 383 g/mol. The number of urea groups is 1. The van der Waals surface area contributed by atoms with Crippen LogP contribution in [0.4, 0.5) is 4.79 Å². The van der Waals surface area contributed by atoms with Crippen LogP contribution in [-0.2, 0) is 11.3 Å². The molecule has 0 unspecified atom stereocenters. The zero-order chi connectivity index (χ0) is 18.1. The Morgan fingerprint density at radius 3 is 2.38 bits per heavy atom. The summed E-state index contributed by atoms with van der Waals surface area (Å²) < 4.78 is 0. The van der Waals surface area contributed by atoms with E-state index in [0.29, 0.717) is 25.9 Å². The molecule has 0 heterocycles. The summed E-state index contributed by atoms with van der Waals surface area (Å²) in [6, 6.07) is 9.65. The van der Waals surface area contributed by atoms with Gasteiger partial charge in [-0.3, -0.25) is 4.79 Å². The van der Waals surface area contributed by atoms with Crippen LogP contribution in [0.3, 0.4) is 0 Å². The number of halogens is 1. The molecule has 0 bridgehead atoms. The minimum Gasteiger partial charge on any atom is -0.353 e. The van der Waals surface area contributed by atoms with Crippen LogP contribution in [0.25, 0.3) is 0 Å². The van der Waals surface area contributed by atoms with Crippen LogP contribution in [0, 0.1) is 0 Å². The van der Waals surface area contributed by atoms with E-state index in [-0.39, 0.29) is 30.4 Å². The van der Waals surface area contributed by atoms with Gasteiger partial charge in [0.15, 0.2) is 0 Å². The molecule has 1 fully saturated rings. The Morgan fingerprint density at radius 2 is 1.77 bits per heavy atom. The molecule has 2 rings (SSSR count). The molecule has 0 aromatic heterocycles. The van der Waals surface area contributed by atoms with Gasteiger partial charge >= 0.3 is 6.03 Å². The largest absolute Gasteiger partial charge is 0.353 e. The van der Waals surface area contributed by atoms with Crippen LogP contribution in [0.5, 0.6) is 0 Å². The van der Waals surface area contributed by atoms with Crippen LogP contribution in [0.15, 0.2) is 30.3 Å². The number of hydrogen-bond acceptors (Lipinski definition) is 3. The smallest absolute Gasteiger partial charge is 0.315 e. The Labute approximate surface area is 162 Å². The second kappa shape index (κ2) is 11.0. The lowest BCUT2D eigenvalue weighted by molar-refractivity contribution is -0.127.